The Bertz CT molecular complexity index is 1080. The third-order valence-electron chi connectivity index (χ3n) is 5.72. The molecule has 8 nitrogen and oxygen atoms in total. The number of rotatable bonds is 6. The van der Waals surface area contributed by atoms with E-state index in [1.807, 2.05) is 32.2 Å². The van der Waals surface area contributed by atoms with Crippen LogP contribution in [0.3, 0.4) is 0 Å². The van der Waals surface area contributed by atoms with Crippen LogP contribution in [0.2, 0.25) is 0 Å². The van der Waals surface area contributed by atoms with Crippen molar-refractivity contribution < 1.29 is 14.7 Å². The van der Waals surface area contributed by atoms with Crippen LogP contribution >= 0.6 is 0 Å². The van der Waals surface area contributed by atoms with Gasteiger partial charge in [-0.3, -0.25) is 4.79 Å². The van der Waals surface area contributed by atoms with Crippen molar-refractivity contribution in [2.45, 2.75) is 20.3 Å². The van der Waals surface area contributed by atoms with Gasteiger partial charge in [0.2, 0.25) is 5.91 Å². The molecule has 1 fully saturated rings. The number of hydrogen-bond acceptors (Lipinski definition) is 6. The van der Waals surface area contributed by atoms with E-state index in [1.54, 1.807) is 11.1 Å². The first-order chi connectivity index (χ1) is 14.9. The van der Waals surface area contributed by atoms with E-state index in [9.17, 15) is 9.59 Å². The second-order valence-corrected chi connectivity index (χ2v) is 8.62. The monoisotopic (exact) mass is 421 g/mol. The Kier molecular flexibility index (Phi) is 5.73. The smallest absolute Gasteiger partial charge is 0.248 e. The second-order valence-electron chi connectivity index (χ2n) is 8.62. The molecule has 0 atom stereocenters. The number of fused-ring (bicyclic) bond motifs is 1. The number of aromatic nitrogens is 3. The predicted octanol–water partition coefficient (Wildman–Crippen LogP) is 2.03. The molecule has 8 heteroatoms. The average molecular weight is 422 g/mol. The lowest BCUT2D eigenvalue weighted by atomic mass is 9.88. The Morgan fingerprint density at radius 2 is 1.90 bits per heavy atom. The fraction of sp³-hybridized carbons (Fsp3) is 0.391. The molecule has 2 N–H and O–H groups in total. The lowest BCUT2D eigenvalue weighted by molar-refractivity contribution is -0.134. The van der Waals surface area contributed by atoms with Crippen molar-refractivity contribution in [1.29, 1.82) is 0 Å². The molecule has 0 unspecified atom stereocenters. The molecule has 4 rings (SSSR count). The Hall–Kier alpha value is -3.26. The molecule has 1 aliphatic heterocycles. The molecular formula is C23H27N5O3. The molecule has 1 aliphatic rings. The van der Waals surface area contributed by atoms with E-state index in [2.05, 4.69) is 27.0 Å². The van der Waals surface area contributed by atoms with E-state index in [0.29, 0.717) is 25.2 Å². The second kappa shape index (κ2) is 8.47. The quantitative estimate of drug-likeness (QED) is 0.591. The number of aromatic amines is 1. The standard InChI is InChI=1S/C23H27N5O3/c1-23(2,15-30)11-17-12-24-22-21(17)26-19(13-25-22)16-3-5-18(6-4-16)27-7-9-28(10-8-27)20(31)14-29/h3-6,12-13,15,29H,7-11,14H2,1-2H3,(H,24,25). The van der Waals surface area contributed by atoms with Gasteiger partial charge in [0, 0.05) is 49.0 Å². The zero-order valence-electron chi connectivity index (χ0n) is 17.8. The maximum absolute atomic E-state index is 11.6. The summed E-state index contributed by atoms with van der Waals surface area (Å²) in [4.78, 5) is 39.3. The number of nitrogens with one attached hydrogen (secondary N) is 1. The predicted molar refractivity (Wildman–Crippen MR) is 119 cm³/mol. The minimum Gasteiger partial charge on any atom is -0.387 e. The number of aliphatic hydroxyl groups is 1. The number of amides is 1. The van der Waals surface area contributed by atoms with Gasteiger partial charge in [0.15, 0.2) is 5.65 Å². The number of piperazine rings is 1. The first-order valence-corrected chi connectivity index (χ1v) is 10.4. The van der Waals surface area contributed by atoms with E-state index in [1.165, 1.54) is 0 Å². The minimum absolute atomic E-state index is 0.218. The first kappa shape index (κ1) is 21.0. The lowest BCUT2D eigenvalue weighted by Gasteiger charge is -2.35. The summed E-state index contributed by atoms with van der Waals surface area (Å²) >= 11 is 0. The third kappa shape index (κ3) is 4.44. The van der Waals surface area contributed by atoms with Crippen LogP contribution in [0.15, 0.2) is 36.7 Å². The Balaban J connectivity index is 1.51. The van der Waals surface area contributed by atoms with Crippen molar-refractivity contribution in [3.05, 3.63) is 42.2 Å². The first-order valence-electron chi connectivity index (χ1n) is 10.4. The summed E-state index contributed by atoms with van der Waals surface area (Å²) in [6.07, 6.45) is 5.20. The van der Waals surface area contributed by atoms with Gasteiger partial charge >= 0.3 is 0 Å². The number of nitrogens with zero attached hydrogens (tertiary/aromatic N) is 4. The van der Waals surface area contributed by atoms with Gasteiger partial charge in [-0.15, -0.1) is 0 Å². The number of benzene rings is 1. The number of anilines is 1. The molecule has 0 saturated carbocycles. The normalized spacial score (nSPS) is 14.8. The van der Waals surface area contributed by atoms with Gasteiger partial charge in [0.1, 0.15) is 18.4 Å². The van der Waals surface area contributed by atoms with Gasteiger partial charge in [0.05, 0.1) is 11.9 Å². The molecule has 1 aromatic carbocycles. The molecule has 0 spiro atoms. The molecule has 1 amide bonds. The van der Waals surface area contributed by atoms with Gasteiger partial charge in [-0.25, -0.2) is 9.97 Å². The number of carbonyl (C=O) groups is 2. The van der Waals surface area contributed by atoms with E-state index in [-0.39, 0.29) is 5.91 Å². The van der Waals surface area contributed by atoms with Gasteiger partial charge in [-0.05, 0) is 24.1 Å². The molecular weight excluding hydrogens is 394 g/mol. The molecule has 162 valence electrons. The summed E-state index contributed by atoms with van der Waals surface area (Å²) in [6.45, 7) is 6.07. The number of aldehydes is 1. The van der Waals surface area contributed by atoms with E-state index in [4.69, 9.17) is 10.1 Å². The van der Waals surface area contributed by atoms with Crippen LogP contribution in [-0.2, 0) is 16.0 Å². The molecule has 2 aromatic heterocycles. The fourth-order valence-electron chi connectivity index (χ4n) is 3.91. The summed E-state index contributed by atoms with van der Waals surface area (Å²) in [7, 11) is 0. The number of carbonyl (C=O) groups excluding carboxylic acids is 2. The molecule has 0 aliphatic carbocycles. The highest BCUT2D eigenvalue weighted by molar-refractivity contribution is 5.79. The van der Waals surface area contributed by atoms with Gasteiger partial charge < -0.3 is 24.7 Å². The SMILES string of the molecule is CC(C)(C=O)Cc1c[nH]c2ncc(-c3ccc(N4CCN(C(=O)CO)CC4)cc3)nc12. The number of H-pyrrole nitrogens is 1. The van der Waals surface area contributed by atoms with Crippen LogP contribution in [0.4, 0.5) is 5.69 Å². The maximum atomic E-state index is 11.6. The van der Waals surface area contributed by atoms with Gasteiger partial charge in [-0.2, -0.15) is 0 Å². The van der Waals surface area contributed by atoms with E-state index >= 15 is 0 Å². The van der Waals surface area contributed by atoms with Crippen molar-refractivity contribution in [2.75, 3.05) is 37.7 Å². The topological polar surface area (TPSA) is 102 Å². The largest absolute Gasteiger partial charge is 0.387 e. The molecule has 0 bridgehead atoms. The molecule has 3 aromatic rings. The highest BCUT2D eigenvalue weighted by Gasteiger charge is 2.22. The molecule has 31 heavy (non-hydrogen) atoms. The van der Waals surface area contributed by atoms with Crippen LogP contribution in [0.1, 0.15) is 19.4 Å². The minimum atomic E-state index is -0.458. The summed E-state index contributed by atoms with van der Waals surface area (Å²) in [5.74, 6) is -0.218. The van der Waals surface area contributed by atoms with Crippen molar-refractivity contribution in [2.24, 2.45) is 5.41 Å². The van der Waals surface area contributed by atoms with Crippen LogP contribution in [0.25, 0.3) is 22.4 Å². The summed E-state index contributed by atoms with van der Waals surface area (Å²) in [5, 5.41) is 9.01. The maximum Gasteiger partial charge on any atom is 0.248 e. The van der Waals surface area contributed by atoms with Crippen LogP contribution in [-0.4, -0.2) is 69.9 Å². The van der Waals surface area contributed by atoms with Crippen molar-refractivity contribution in [3.63, 3.8) is 0 Å². The summed E-state index contributed by atoms with van der Waals surface area (Å²) < 4.78 is 0. The molecule has 0 radical (unpaired) electrons. The van der Waals surface area contributed by atoms with Crippen LogP contribution < -0.4 is 4.90 Å². The summed E-state index contributed by atoms with van der Waals surface area (Å²) in [6, 6.07) is 8.16. The molecule has 1 saturated heterocycles. The Labute approximate surface area is 180 Å². The highest BCUT2D eigenvalue weighted by Crippen LogP contribution is 2.27. The van der Waals surface area contributed by atoms with Crippen molar-refractivity contribution in [1.82, 2.24) is 19.9 Å². The van der Waals surface area contributed by atoms with Crippen LogP contribution in [0, 0.1) is 5.41 Å². The number of hydrogen-bond donors (Lipinski definition) is 2. The third-order valence-corrected chi connectivity index (χ3v) is 5.72. The average Bonchev–Trinajstić information content (AvgIpc) is 3.20. The Morgan fingerprint density at radius 3 is 2.55 bits per heavy atom. The van der Waals surface area contributed by atoms with Crippen molar-refractivity contribution in [3.8, 4) is 11.3 Å². The number of aliphatic hydroxyl groups excluding tert-OH is 1. The van der Waals surface area contributed by atoms with Crippen LogP contribution in [0.5, 0.6) is 0 Å². The van der Waals surface area contributed by atoms with Gasteiger partial charge in [-0.1, -0.05) is 26.0 Å². The fourth-order valence-corrected chi connectivity index (χ4v) is 3.91. The summed E-state index contributed by atoms with van der Waals surface area (Å²) in [5.41, 5.74) is 4.86. The van der Waals surface area contributed by atoms with E-state index < -0.39 is 12.0 Å². The Morgan fingerprint density at radius 1 is 1.19 bits per heavy atom. The highest BCUT2D eigenvalue weighted by atomic mass is 16.3. The zero-order chi connectivity index (χ0) is 22.0. The van der Waals surface area contributed by atoms with Crippen molar-refractivity contribution >= 4 is 29.0 Å². The van der Waals surface area contributed by atoms with E-state index in [0.717, 1.165) is 47.4 Å². The lowest BCUT2D eigenvalue weighted by Crippen LogP contribution is -2.49. The molecule has 3 heterocycles. The zero-order valence-corrected chi connectivity index (χ0v) is 17.8. The van der Waals surface area contributed by atoms with Gasteiger partial charge in [0.25, 0.3) is 0 Å².